The Balaban J connectivity index is 1.93. The highest BCUT2D eigenvalue weighted by molar-refractivity contribution is 6.88. The van der Waals surface area contributed by atoms with Gasteiger partial charge in [0.2, 0.25) is 0 Å². The van der Waals surface area contributed by atoms with Crippen LogP contribution in [0.3, 0.4) is 0 Å². The van der Waals surface area contributed by atoms with Gasteiger partial charge in [-0.1, -0.05) is 49.1 Å². The van der Waals surface area contributed by atoms with Gasteiger partial charge in [-0.15, -0.1) is 0 Å². The Kier molecular flexibility index (Phi) is 5.05. The van der Waals surface area contributed by atoms with E-state index in [0.29, 0.717) is 0 Å². The number of rotatable bonds is 4. The zero-order valence-corrected chi connectivity index (χ0v) is 14.8. The second kappa shape index (κ2) is 6.42. The second-order valence-electron chi connectivity index (χ2n) is 7.40. The Morgan fingerprint density at radius 2 is 1.65 bits per heavy atom. The third-order valence-corrected chi connectivity index (χ3v) is 6.63. The molecule has 0 bridgehead atoms. The van der Waals surface area contributed by atoms with Crippen LogP contribution in [0.2, 0.25) is 19.6 Å². The summed E-state index contributed by atoms with van der Waals surface area (Å²) in [4.78, 5) is 4.98. The minimum atomic E-state index is -1.16. The molecule has 0 spiro atoms. The van der Waals surface area contributed by atoms with Gasteiger partial charge in [-0.2, -0.15) is 0 Å². The number of hydrogen-bond donors (Lipinski definition) is 0. The van der Waals surface area contributed by atoms with E-state index in [4.69, 9.17) is 0 Å². The van der Waals surface area contributed by atoms with Gasteiger partial charge in [0.05, 0.1) is 8.07 Å². The summed E-state index contributed by atoms with van der Waals surface area (Å²) in [5.41, 5.74) is 1.45. The van der Waals surface area contributed by atoms with Gasteiger partial charge >= 0.3 is 0 Å². The molecule has 0 atom stereocenters. The Bertz CT molecular complexity index is 414. The van der Waals surface area contributed by atoms with Crippen molar-refractivity contribution >= 4 is 13.3 Å². The summed E-state index contributed by atoms with van der Waals surface area (Å²) in [5, 5.41) is 1.56. The lowest BCUT2D eigenvalue weighted by Crippen LogP contribution is -2.41. The van der Waals surface area contributed by atoms with E-state index in [9.17, 15) is 0 Å². The molecule has 0 aromatic heterocycles. The minimum Gasteiger partial charge on any atom is -0.306 e. The van der Waals surface area contributed by atoms with E-state index >= 15 is 0 Å². The average Bonchev–Trinajstić information content (AvgIpc) is 2.39. The van der Waals surface area contributed by atoms with E-state index in [1.54, 1.807) is 5.19 Å². The molecule has 0 aliphatic carbocycles. The van der Waals surface area contributed by atoms with E-state index in [2.05, 4.69) is 67.8 Å². The topological polar surface area (TPSA) is 6.48 Å². The quantitative estimate of drug-likeness (QED) is 0.787. The molecule has 1 aliphatic rings. The summed E-state index contributed by atoms with van der Waals surface area (Å²) in [6.07, 6.45) is 2.61. The molecule has 1 aliphatic heterocycles. The molecule has 3 heteroatoms. The van der Waals surface area contributed by atoms with Gasteiger partial charge in [0.15, 0.2) is 0 Å². The fourth-order valence-electron chi connectivity index (χ4n) is 2.96. The van der Waals surface area contributed by atoms with Crippen LogP contribution >= 0.6 is 0 Å². The predicted molar refractivity (Wildman–Crippen MR) is 91.4 cm³/mol. The van der Waals surface area contributed by atoms with Crippen molar-refractivity contribution in [1.29, 1.82) is 0 Å². The monoisotopic (exact) mass is 290 g/mol. The van der Waals surface area contributed by atoms with Crippen LogP contribution in [0.1, 0.15) is 18.4 Å². The Hall–Kier alpha value is -0.643. The summed E-state index contributed by atoms with van der Waals surface area (Å²) >= 11 is 0. The van der Waals surface area contributed by atoms with Crippen LogP contribution < -0.4 is 5.19 Å². The highest BCUT2D eigenvalue weighted by Gasteiger charge is 2.21. The molecule has 0 N–H and O–H groups in total. The van der Waals surface area contributed by atoms with Crippen LogP contribution in [0.15, 0.2) is 24.3 Å². The van der Waals surface area contributed by atoms with Crippen molar-refractivity contribution in [3.05, 3.63) is 29.8 Å². The van der Waals surface area contributed by atoms with Crippen molar-refractivity contribution in [3.63, 3.8) is 0 Å². The van der Waals surface area contributed by atoms with Crippen molar-refractivity contribution in [1.82, 2.24) is 9.80 Å². The van der Waals surface area contributed by atoms with Gasteiger partial charge in [-0.3, -0.25) is 4.90 Å². The molecular formula is C17H30N2Si. The normalized spacial score (nSPS) is 18.7. The van der Waals surface area contributed by atoms with Gasteiger partial charge < -0.3 is 4.90 Å². The first kappa shape index (κ1) is 15.7. The van der Waals surface area contributed by atoms with Crippen LogP contribution in [0.5, 0.6) is 0 Å². The molecule has 2 nitrogen and oxygen atoms in total. The lowest BCUT2D eigenvalue weighted by Gasteiger charge is -2.35. The fourth-order valence-corrected chi connectivity index (χ4v) is 4.13. The largest absolute Gasteiger partial charge is 0.306 e. The van der Waals surface area contributed by atoms with Crippen molar-refractivity contribution in [2.24, 2.45) is 0 Å². The zero-order chi connectivity index (χ0) is 14.8. The number of nitrogens with zero attached hydrogens (tertiary/aromatic N) is 2. The van der Waals surface area contributed by atoms with Crippen LogP contribution in [-0.4, -0.2) is 51.1 Å². The maximum Gasteiger partial charge on any atom is 0.0775 e. The molecule has 1 aromatic rings. The molecule has 0 radical (unpaired) electrons. The number of likely N-dealkylation sites (tertiary alicyclic amines) is 1. The van der Waals surface area contributed by atoms with Crippen LogP contribution in [-0.2, 0) is 6.54 Å². The third-order valence-electron chi connectivity index (χ3n) is 4.56. The molecule has 2 rings (SSSR count). The highest BCUT2D eigenvalue weighted by Crippen LogP contribution is 2.16. The average molecular weight is 291 g/mol. The van der Waals surface area contributed by atoms with E-state index in [-0.39, 0.29) is 0 Å². The van der Waals surface area contributed by atoms with Gasteiger partial charge in [-0.25, -0.2) is 0 Å². The van der Waals surface area contributed by atoms with E-state index in [1.807, 2.05) is 0 Å². The Morgan fingerprint density at radius 1 is 1.10 bits per heavy atom. The fraction of sp³-hybridized carbons (Fsp3) is 0.647. The SMILES string of the molecule is CN1CCC(N(C)Cc2ccc([Si](C)(C)C)cc2)CC1. The van der Waals surface area contributed by atoms with Crippen molar-refractivity contribution in [3.8, 4) is 0 Å². The number of piperidine rings is 1. The van der Waals surface area contributed by atoms with Crippen LogP contribution in [0, 0.1) is 0 Å². The van der Waals surface area contributed by atoms with Crippen LogP contribution in [0.4, 0.5) is 0 Å². The second-order valence-corrected chi connectivity index (χ2v) is 12.5. The summed E-state index contributed by atoms with van der Waals surface area (Å²) in [6, 6.07) is 10.1. The molecule has 1 aromatic carbocycles. The Labute approximate surface area is 125 Å². The Morgan fingerprint density at radius 3 is 2.15 bits per heavy atom. The van der Waals surface area contributed by atoms with Crippen molar-refractivity contribution in [2.75, 3.05) is 27.2 Å². The lowest BCUT2D eigenvalue weighted by atomic mass is 10.0. The maximum absolute atomic E-state index is 2.54. The van der Waals surface area contributed by atoms with E-state index in [0.717, 1.165) is 12.6 Å². The molecule has 0 saturated carbocycles. The molecule has 112 valence electrons. The number of benzene rings is 1. The summed E-state index contributed by atoms with van der Waals surface area (Å²) in [5.74, 6) is 0. The predicted octanol–water partition coefficient (Wildman–Crippen LogP) is 2.76. The molecule has 20 heavy (non-hydrogen) atoms. The van der Waals surface area contributed by atoms with E-state index < -0.39 is 8.07 Å². The van der Waals surface area contributed by atoms with Crippen molar-refractivity contribution in [2.45, 2.75) is 45.1 Å². The zero-order valence-electron chi connectivity index (χ0n) is 13.8. The summed E-state index contributed by atoms with van der Waals surface area (Å²) in [7, 11) is 3.35. The van der Waals surface area contributed by atoms with E-state index in [1.165, 1.54) is 31.5 Å². The summed E-state index contributed by atoms with van der Waals surface area (Å²) < 4.78 is 0. The molecular weight excluding hydrogens is 260 g/mol. The molecule has 1 fully saturated rings. The van der Waals surface area contributed by atoms with Gasteiger partial charge in [0, 0.05) is 12.6 Å². The molecule has 0 amide bonds. The first-order valence-corrected chi connectivity index (χ1v) is 11.3. The third kappa shape index (κ3) is 4.17. The van der Waals surface area contributed by atoms with Gasteiger partial charge in [0.1, 0.15) is 0 Å². The molecule has 1 saturated heterocycles. The number of hydrogen-bond acceptors (Lipinski definition) is 2. The lowest BCUT2D eigenvalue weighted by molar-refractivity contribution is 0.139. The van der Waals surface area contributed by atoms with Crippen molar-refractivity contribution < 1.29 is 0 Å². The minimum absolute atomic E-state index is 0.753. The van der Waals surface area contributed by atoms with Crippen LogP contribution in [0.25, 0.3) is 0 Å². The molecule has 0 unspecified atom stereocenters. The standard InChI is InChI=1S/C17H30N2Si/c1-18-12-10-16(11-13-18)19(2)14-15-6-8-17(9-7-15)20(3,4)5/h6-9,16H,10-14H2,1-5H3. The highest BCUT2D eigenvalue weighted by atomic mass is 28.3. The maximum atomic E-state index is 2.54. The molecule has 1 heterocycles. The van der Waals surface area contributed by atoms with Gasteiger partial charge in [0.25, 0.3) is 0 Å². The van der Waals surface area contributed by atoms with Gasteiger partial charge in [-0.05, 0) is 45.6 Å². The summed E-state index contributed by atoms with van der Waals surface area (Å²) in [6.45, 7) is 10.8. The first-order chi connectivity index (χ1) is 9.36. The smallest absolute Gasteiger partial charge is 0.0775 e. The first-order valence-electron chi connectivity index (χ1n) is 7.84.